The van der Waals surface area contributed by atoms with Crippen LogP contribution in [-0.2, 0) is 17.8 Å². The fourth-order valence-electron chi connectivity index (χ4n) is 1.95. The summed E-state index contributed by atoms with van der Waals surface area (Å²) in [7, 11) is 5.14. The van der Waals surface area contributed by atoms with E-state index in [0.29, 0.717) is 13.0 Å². The van der Waals surface area contributed by atoms with Crippen LogP contribution >= 0.6 is 15.9 Å². The first kappa shape index (κ1) is 15.7. The highest BCUT2D eigenvalue weighted by molar-refractivity contribution is 9.10. The smallest absolute Gasteiger partial charge is 0.144 e. The van der Waals surface area contributed by atoms with Gasteiger partial charge in [0.2, 0.25) is 0 Å². The lowest BCUT2D eigenvalue weighted by Gasteiger charge is -2.11. The van der Waals surface area contributed by atoms with Gasteiger partial charge in [-0.3, -0.25) is 0 Å². The quantitative estimate of drug-likeness (QED) is 0.866. The Labute approximate surface area is 132 Å². The Morgan fingerprint density at radius 1 is 1.14 bits per heavy atom. The van der Waals surface area contributed by atoms with Gasteiger partial charge >= 0.3 is 0 Å². The van der Waals surface area contributed by atoms with E-state index in [9.17, 15) is 0 Å². The molecular formula is C15H18BrN3O2. The van der Waals surface area contributed by atoms with Gasteiger partial charge in [-0.1, -0.05) is 12.1 Å². The predicted molar refractivity (Wildman–Crippen MR) is 85.8 cm³/mol. The van der Waals surface area contributed by atoms with Crippen LogP contribution in [0.3, 0.4) is 0 Å². The second-order valence-electron chi connectivity index (χ2n) is 4.46. The molecule has 0 spiro atoms. The molecule has 0 bridgehead atoms. The monoisotopic (exact) mass is 351 g/mol. The molecule has 1 N–H and O–H groups in total. The fraction of sp³-hybridized carbons (Fsp3) is 0.333. The SMILES string of the molecule is CNc1nc(Cc2ccc(OC)cc2)nc(COC)c1Br. The molecule has 1 heterocycles. The van der Waals surface area contributed by atoms with E-state index in [2.05, 4.69) is 31.2 Å². The van der Waals surface area contributed by atoms with Crippen molar-refractivity contribution in [1.29, 1.82) is 0 Å². The summed E-state index contributed by atoms with van der Waals surface area (Å²) in [5.41, 5.74) is 1.96. The van der Waals surface area contributed by atoms with Gasteiger partial charge in [-0.15, -0.1) is 0 Å². The summed E-state index contributed by atoms with van der Waals surface area (Å²) in [5, 5.41) is 3.06. The summed E-state index contributed by atoms with van der Waals surface area (Å²) in [5.74, 6) is 2.35. The Balaban J connectivity index is 2.27. The van der Waals surface area contributed by atoms with Crippen LogP contribution in [0, 0.1) is 0 Å². The maximum atomic E-state index is 5.18. The summed E-state index contributed by atoms with van der Waals surface area (Å²) in [4.78, 5) is 9.07. The molecule has 21 heavy (non-hydrogen) atoms. The number of benzene rings is 1. The minimum Gasteiger partial charge on any atom is -0.497 e. The standard InChI is InChI=1S/C15H18BrN3O2/c1-17-15-14(16)12(9-20-2)18-13(19-15)8-10-4-6-11(21-3)7-5-10/h4-7H,8-9H2,1-3H3,(H,17,18,19). The number of hydrogen-bond donors (Lipinski definition) is 1. The summed E-state index contributed by atoms with van der Waals surface area (Å²) in [6.07, 6.45) is 0.655. The molecule has 6 heteroatoms. The van der Waals surface area contributed by atoms with Crippen LogP contribution in [0.2, 0.25) is 0 Å². The molecule has 1 aromatic heterocycles. The van der Waals surface area contributed by atoms with E-state index in [0.717, 1.165) is 33.1 Å². The van der Waals surface area contributed by atoms with Gasteiger partial charge in [-0.05, 0) is 33.6 Å². The first-order valence-corrected chi connectivity index (χ1v) is 7.32. The molecule has 0 saturated heterocycles. The van der Waals surface area contributed by atoms with Gasteiger partial charge in [-0.25, -0.2) is 9.97 Å². The van der Waals surface area contributed by atoms with Gasteiger partial charge in [0.25, 0.3) is 0 Å². The van der Waals surface area contributed by atoms with Crippen LogP contribution < -0.4 is 10.1 Å². The summed E-state index contributed by atoms with van der Waals surface area (Å²) >= 11 is 3.50. The van der Waals surface area contributed by atoms with Crippen molar-refractivity contribution in [1.82, 2.24) is 9.97 Å². The lowest BCUT2D eigenvalue weighted by atomic mass is 10.1. The van der Waals surface area contributed by atoms with Crippen molar-refractivity contribution in [2.75, 3.05) is 26.6 Å². The van der Waals surface area contributed by atoms with Gasteiger partial charge in [0.15, 0.2) is 0 Å². The first-order valence-electron chi connectivity index (χ1n) is 6.52. The van der Waals surface area contributed by atoms with E-state index in [1.807, 2.05) is 31.3 Å². The number of methoxy groups -OCH3 is 2. The average molecular weight is 352 g/mol. The molecule has 112 valence electrons. The van der Waals surface area contributed by atoms with Gasteiger partial charge in [0.05, 0.1) is 23.9 Å². The van der Waals surface area contributed by atoms with E-state index in [-0.39, 0.29) is 0 Å². The molecule has 0 amide bonds. The minimum atomic E-state index is 0.438. The van der Waals surface area contributed by atoms with Crippen molar-refractivity contribution in [3.05, 3.63) is 45.8 Å². The largest absolute Gasteiger partial charge is 0.497 e. The number of ether oxygens (including phenoxy) is 2. The number of halogens is 1. The van der Waals surface area contributed by atoms with Crippen molar-refractivity contribution < 1.29 is 9.47 Å². The maximum Gasteiger partial charge on any atom is 0.144 e. The second kappa shape index (κ2) is 7.38. The molecule has 2 rings (SSSR count). The van der Waals surface area contributed by atoms with E-state index in [4.69, 9.17) is 9.47 Å². The third-order valence-electron chi connectivity index (χ3n) is 3.01. The number of nitrogens with one attached hydrogen (secondary N) is 1. The zero-order valence-electron chi connectivity index (χ0n) is 12.3. The van der Waals surface area contributed by atoms with Gasteiger partial charge in [0, 0.05) is 20.6 Å². The highest BCUT2D eigenvalue weighted by Crippen LogP contribution is 2.24. The molecule has 0 saturated carbocycles. The topological polar surface area (TPSA) is 56.3 Å². The van der Waals surface area contributed by atoms with Crippen molar-refractivity contribution in [3.63, 3.8) is 0 Å². The Morgan fingerprint density at radius 2 is 1.86 bits per heavy atom. The third-order valence-corrected chi connectivity index (χ3v) is 3.84. The van der Waals surface area contributed by atoms with Crippen LogP contribution in [0.1, 0.15) is 17.1 Å². The number of nitrogens with zero attached hydrogens (tertiary/aromatic N) is 2. The number of anilines is 1. The molecule has 0 aliphatic carbocycles. The molecule has 0 radical (unpaired) electrons. The lowest BCUT2D eigenvalue weighted by molar-refractivity contribution is 0.180. The van der Waals surface area contributed by atoms with Crippen LogP contribution in [0.5, 0.6) is 5.75 Å². The average Bonchev–Trinajstić information content (AvgIpc) is 2.51. The van der Waals surface area contributed by atoms with E-state index in [1.54, 1.807) is 14.2 Å². The lowest BCUT2D eigenvalue weighted by Crippen LogP contribution is -2.07. The molecule has 0 aliphatic heterocycles. The minimum absolute atomic E-state index is 0.438. The van der Waals surface area contributed by atoms with Crippen molar-refractivity contribution in [3.8, 4) is 5.75 Å². The van der Waals surface area contributed by atoms with Crippen molar-refractivity contribution in [2.24, 2.45) is 0 Å². The summed E-state index contributed by atoms with van der Waals surface area (Å²) in [6, 6.07) is 7.89. The Bertz CT molecular complexity index is 603. The Kier molecular flexibility index (Phi) is 5.52. The highest BCUT2D eigenvalue weighted by atomic mass is 79.9. The maximum absolute atomic E-state index is 5.18. The molecule has 0 aliphatic rings. The van der Waals surface area contributed by atoms with Crippen LogP contribution in [-0.4, -0.2) is 31.2 Å². The normalized spacial score (nSPS) is 10.5. The highest BCUT2D eigenvalue weighted by Gasteiger charge is 2.11. The van der Waals surface area contributed by atoms with Gasteiger partial charge in [-0.2, -0.15) is 0 Å². The summed E-state index contributed by atoms with van der Waals surface area (Å²) < 4.78 is 11.2. The van der Waals surface area contributed by atoms with Gasteiger partial charge < -0.3 is 14.8 Å². The summed E-state index contributed by atoms with van der Waals surface area (Å²) in [6.45, 7) is 0.438. The molecule has 1 aromatic carbocycles. The first-order chi connectivity index (χ1) is 10.2. The van der Waals surface area contributed by atoms with Crippen molar-refractivity contribution in [2.45, 2.75) is 13.0 Å². The Hall–Kier alpha value is -1.66. The molecular weight excluding hydrogens is 334 g/mol. The van der Waals surface area contributed by atoms with Crippen LogP contribution in [0.4, 0.5) is 5.82 Å². The molecule has 0 atom stereocenters. The molecule has 2 aromatic rings. The molecule has 0 unspecified atom stereocenters. The van der Waals surface area contributed by atoms with E-state index < -0.39 is 0 Å². The zero-order chi connectivity index (χ0) is 15.2. The number of hydrogen-bond acceptors (Lipinski definition) is 5. The van der Waals surface area contributed by atoms with Crippen LogP contribution in [0.25, 0.3) is 0 Å². The molecule has 0 fully saturated rings. The fourth-order valence-corrected chi connectivity index (χ4v) is 2.44. The number of aromatic nitrogens is 2. The predicted octanol–water partition coefficient (Wildman–Crippen LogP) is 3.03. The second-order valence-corrected chi connectivity index (χ2v) is 5.25. The van der Waals surface area contributed by atoms with Gasteiger partial charge in [0.1, 0.15) is 17.4 Å². The zero-order valence-corrected chi connectivity index (χ0v) is 13.9. The number of rotatable bonds is 6. The molecule has 5 nitrogen and oxygen atoms in total. The van der Waals surface area contributed by atoms with E-state index >= 15 is 0 Å². The third kappa shape index (κ3) is 3.92. The van der Waals surface area contributed by atoms with E-state index in [1.165, 1.54) is 0 Å². The van der Waals surface area contributed by atoms with Crippen LogP contribution in [0.15, 0.2) is 28.7 Å². The van der Waals surface area contributed by atoms with Crippen molar-refractivity contribution >= 4 is 21.7 Å². The Morgan fingerprint density at radius 3 is 2.43 bits per heavy atom.